The minimum Gasteiger partial charge on any atom is -0.469 e. The normalized spacial score (nSPS) is 10.1. The summed E-state index contributed by atoms with van der Waals surface area (Å²) in [4.78, 5) is 13.8. The maximum absolute atomic E-state index is 10.7. The average Bonchev–Trinajstić information content (AvgIpc) is 2.69. The van der Waals surface area contributed by atoms with Crippen LogP contribution >= 0.6 is 0 Å². The molecule has 0 radical (unpaired) electrons. The number of hydrogen-bond acceptors (Lipinski definition) is 3. The van der Waals surface area contributed by atoms with E-state index in [1.54, 1.807) is 0 Å². The van der Waals surface area contributed by atoms with Gasteiger partial charge in [-0.05, 0) is 25.1 Å². The van der Waals surface area contributed by atoms with Crippen LogP contribution < -0.4 is 5.32 Å². The number of methoxy groups -OCH3 is 1. The highest BCUT2D eigenvalue weighted by atomic mass is 16.5. The largest absolute Gasteiger partial charge is 0.469 e. The summed E-state index contributed by atoms with van der Waals surface area (Å²) in [5.74, 6) is -0.147. The summed E-state index contributed by atoms with van der Waals surface area (Å²) in [5, 5.41) is 3.23. The lowest BCUT2D eigenvalue weighted by Crippen LogP contribution is -2.16. The number of carbonyl (C=O) groups excluding carboxylic acids is 1. The van der Waals surface area contributed by atoms with Gasteiger partial charge in [-0.1, -0.05) is 0 Å². The standard InChI is InChI=1S/C10H16N2O2/c1-14-10(13)5-3-6-11-8-9-4-2-7-12-9/h2,4,7,11-12H,3,5-6,8H2,1H3. The van der Waals surface area contributed by atoms with E-state index in [0.29, 0.717) is 6.42 Å². The van der Waals surface area contributed by atoms with Crippen molar-refractivity contribution in [2.45, 2.75) is 19.4 Å². The lowest BCUT2D eigenvalue weighted by Gasteiger charge is -2.02. The summed E-state index contributed by atoms with van der Waals surface area (Å²) < 4.78 is 4.53. The van der Waals surface area contributed by atoms with E-state index in [2.05, 4.69) is 15.0 Å². The van der Waals surface area contributed by atoms with Crippen LogP contribution in [-0.4, -0.2) is 24.6 Å². The third-order valence-corrected chi connectivity index (χ3v) is 1.94. The van der Waals surface area contributed by atoms with E-state index >= 15 is 0 Å². The molecule has 2 N–H and O–H groups in total. The molecule has 1 heterocycles. The number of rotatable bonds is 6. The lowest BCUT2D eigenvalue weighted by molar-refractivity contribution is -0.140. The van der Waals surface area contributed by atoms with E-state index in [1.807, 2.05) is 18.3 Å². The number of esters is 1. The van der Waals surface area contributed by atoms with E-state index in [1.165, 1.54) is 7.11 Å². The molecule has 0 fully saturated rings. The number of ether oxygens (including phenoxy) is 1. The highest BCUT2D eigenvalue weighted by Crippen LogP contribution is 1.94. The summed E-state index contributed by atoms with van der Waals surface area (Å²) in [6.07, 6.45) is 3.19. The van der Waals surface area contributed by atoms with Gasteiger partial charge in [-0.2, -0.15) is 0 Å². The van der Waals surface area contributed by atoms with Gasteiger partial charge in [0.05, 0.1) is 7.11 Å². The van der Waals surface area contributed by atoms with Crippen LogP contribution in [0.15, 0.2) is 18.3 Å². The number of aromatic nitrogens is 1. The Morgan fingerprint density at radius 2 is 2.50 bits per heavy atom. The Morgan fingerprint density at radius 3 is 3.14 bits per heavy atom. The highest BCUT2D eigenvalue weighted by Gasteiger charge is 1.98. The molecule has 4 heteroatoms. The first-order chi connectivity index (χ1) is 6.83. The van der Waals surface area contributed by atoms with Crippen molar-refractivity contribution in [3.05, 3.63) is 24.0 Å². The van der Waals surface area contributed by atoms with Gasteiger partial charge in [0, 0.05) is 24.9 Å². The molecular formula is C10H16N2O2. The van der Waals surface area contributed by atoms with Gasteiger partial charge >= 0.3 is 5.97 Å². The monoisotopic (exact) mass is 196 g/mol. The van der Waals surface area contributed by atoms with Crippen LogP contribution in [0.2, 0.25) is 0 Å². The Balaban J connectivity index is 1.97. The number of hydrogen-bond donors (Lipinski definition) is 2. The molecule has 0 amide bonds. The zero-order valence-electron chi connectivity index (χ0n) is 8.38. The van der Waals surface area contributed by atoms with Gasteiger partial charge in [0.1, 0.15) is 0 Å². The molecule has 14 heavy (non-hydrogen) atoms. The molecule has 0 bridgehead atoms. The van der Waals surface area contributed by atoms with Crippen molar-refractivity contribution in [1.82, 2.24) is 10.3 Å². The fourth-order valence-corrected chi connectivity index (χ4v) is 1.16. The predicted molar refractivity (Wildman–Crippen MR) is 53.7 cm³/mol. The van der Waals surface area contributed by atoms with Crippen molar-refractivity contribution in [3.8, 4) is 0 Å². The van der Waals surface area contributed by atoms with Crippen LogP contribution in [0.1, 0.15) is 18.5 Å². The van der Waals surface area contributed by atoms with Crippen molar-refractivity contribution in [3.63, 3.8) is 0 Å². The summed E-state index contributed by atoms with van der Waals surface area (Å²) in [5.41, 5.74) is 1.16. The minimum atomic E-state index is -0.147. The SMILES string of the molecule is COC(=O)CCCNCc1ccc[nH]1. The van der Waals surface area contributed by atoms with E-state index in [4.69, 9.17) is 0 Å². The second-order valence-electron chi connectivity index (χ2n) is 3.05. The smallest absolute Gasteiger partial charge is 0.305 e. The maximum Gasteiger partial charge on any atom is 0.305 e. The summed E-state index contributed by atoms with van der Waals surface area (Å²) in [6.45, 7) is 1.64. The van der Waals surface area contributed by atoms with Crippen LogP contribution in [0.3, 0.4) is 0 Å². The Morgan fingerprint density at radius 1 is 1.64 bits per heavy atom. The third kappa shape index (κ3) is 4.09. The van der Waals surface area contributed by atoms with Gasteiger partial charge in [-0.15, -0.1) is 0 Å². The summed E-state index contributed by atoms with van der Waals surface area (Å²) in [6, 6.07) is 3.98. The molecule has 78 valence electrons. The van der Waals surface area contributed by atoms with E-state index < -0.39 is 0 Å². The van der Waals surface area contributed by atoms with Crippen molar-refractivity contribution in [1.29, 1.82) is 0 Å². The van der Waals surface area contributed by atoms with Crippen molar-refractivity contribution in [2.75, 3.05) is 13.7 Å². The van der Waals surface area contributed by atoms with Gasteiger partial charge in [0.15, 0.2) is 0 Å². The first-order valence-corrected chi connectivity index (χ1v) is 4.72. The van der Waals surface area contributed by atoms with Gasteiger partial charge in [0.25, 0.3) is 0 Å². The molecule has 1 rings (SSSR count). The number of H-pyrrole nitrogens is 1. The molecule has 0 aromatic carbocycles. The van der Waals surface area contributed by atoms with Crippen molar-refractivity contribution >= 4 is 5.97 Å². The molecule has 4 nitrogen and oxygen atoms in total. The van der Waals surface area contributed by atoms with Crippen molar-refractivity contribution < 1.29 is 9.53 Å². The number of aromatic amines is 1. The van der Waals surface area contributed by atoms with Gasteiger partial charge < -0.3 is 15.0 Å². The first kappa shape index (κ1) is 10.8. The molecule has 0 aliphatic rings. The lowest BCUT2D eigenvalue weighted by atomic mass is 10.3. The van der Waals surface area contributed by atoms with Gasteiger partial charge in [-0.3, -0.25) is 4.79 Å². The second kappa shape index (κ2) is 6.21. The van der Waals surface area contributed by atoms with Gasteiger partial charge in [0.2, 0.25) is 0 Å². The maximum atomic E-state index is 10.7. The number of nitrogens with one attached hydrogen (secondary N) is 2. The Bertz CT molecular complexity index is 257. The van der Waals surface area contributed by atoms with Crippen LogP contribution in [-0.2, 0) is 16.1 Å². The first-order valence-electron chi connectivity index (χ1n) is 4.72. The Kier molecular flexibility index (Phi) is 4.78. The molecule has 0 spiro atoms. The Hall–Kier alpha value is -1.29. The highest BCUT2D eigenvalue weighted by molar-refractivity contribution is 5.69. The quantitative estimate of drug-likeness (QED) is 0.528. The zero-order valence-corrected chi connectivity index (χ0v) is 8.38. The van der Waals surface area contributed by atoms with Crippen molar-refractivity contribution in [2.24, 2.45) is 0 Å². The fourth-order valence-electron chi connectivity index (χ4n) is 1.16. The summed E-state index contributed by atoms with van der Waals surface area (Å²) in [7, 11) is 1.41. The van der Waals surface area contributed by atoms with Crippen LogP contribution in [0, 0.1) is 0 Å². The molecule has 0 aliphatic carbocycles. The molecule has 1 aromatic heterocycles. The Labute approximate surface area is 83.7 Å². The molecule has 0 saturated carbocycles. The molecule has 0 unspecified atom stereocenters. The van der Waals surface area contributed by atoms with E-state index in [9.17, 15) is 4.79 Å². The van der Waals surface area contributed by atoms with Crippen LogP contribution in [0.5, 0.6) is 0 Å². The average molecular weight is 196 g/mol. The molecule has 0 atom stereocenters. The number of carbonyl (C=O) groups is 1. The molecule has 1 aromatic rings. The molecule has 0 aliphatic heterocycles. The molecular weight excluding hydrogens is 180 g/mol. The molecule has 0 saturated heterocycles. The zero-order chi connectivity index (χ0) is 10.2. The topological polar surface area (TPSA) is 54.1 Å². The third-order valence-electron chi connectivity index (χ3n) is 1.94. The summed E-state index contributed by atoms with van der Waals surface area (Å²) >= 11 is 0. The van der Waals surface area contributed by atoms with Crippen LogP contribution in [0.25, 0.3) is 0 Å². The van der Waals surface area contributed by atoms with E-state index in [0.717, 1.165) is 25.2 Å². The van der Waals surface area contributed by atoms with E-state index in [-0.39, 0.29) is 5.97 Å². The second-order valence-corrected chi connectivity index (χ2v) is 3.05. The van der Waals surface area contributed by atoms with Gasteiger partial charge in [-0.25, -0.2) is 0 Å². The minimum absolute atomic E-state index is 0.147. The predicted octanol–water partition coefficient (Wildman–Crippen LogP) is 1.06. The van der Waals surface area contributed by atoms with Crippen LogP contribution in [0.4, 0.5) is 0 Å². The fraction of sp³-hybridized carbons (Fsp3) is 0.500.